The second-order valence-electron chi connectivity index (χ2n) is 9.06. The largest absolute Gasteiger partial charge is 0.433 e. The van der Waals surface area contributed by atoms with Gasteiger partial charge in [0.05, 0.1) is 5.56 Å². The molecule has 1 saturated carbocycles. The van der Waals surface area contributed by atoms with Gasteiger partial charge in [-0.3, -0.25) is 4.79 Å². The molecule has 2 aromatic heterocycles. The van der Waals surface area contributed by atoms with Gasteiger partial charge in [0.2, 0.25) is 5.95 Å². The number of anilines is 1. The van der Waals surface area contributed by atoms with Crippen molar-refractivity contribution >= 4 is 11.9 Å². The lowest BCUT2D eigenvalue weighted by Crippen LogP contribution is -2.40. The number of aromatic nitrogens is 4. The van der Waals surface area contributed by atoms with Crippen molar-refractivity contribution in [3.8, 4) is 11.4 Å². The molecule has 1 aliphatic heterocycles. The van der Waals surface area contributed by atoms with Gasteiger partial charge in [-0.05, 0) is 49.8 Å². The van der Waals surface area contributed by atoms with Gasteiger partial charge in [0.25, 0.3) is 5.91 Å². The summed E-state index contributed by atoms with van der Waals surface area (Å²) in [5, 5.41) is 2.92. The first-order valence-corrected chi connectivity index (χ1v) is 11.1. The van der Waals surface area contributed by atoms with Crippen LogP contribution in [-0.2, 0) is 6.18 Å². The SMILES string of the molecule is Cc1ccc(-c2ncccn2)c(C(=O)N2CC3(CC3)C[C@H]2CNc2nccc(C(F)(F)F)n2)c1. The highest BCUT2D eigenvalue weighted by Crippen LogP contribution is 2.55. The molecule has 10 heteroatoms. The molecule has 0 bridgehead atoms. The van der Waals surface area contributed by atoms with E-state index in [4.69, 9.17) is 0 Å². The smallest absolute Gasteiger partial charge is 0.352 e. The molecule has 2 aliphatic rings. The van der Waals surface area contributed by atoms with Crippen molar-refractivity contribution in [2.24, 2.45) is 5.41 Å². The van der Waals surface area contributed by atoms with E-state index in [9.17, 15) is 18.0 Å². The van der Waals surface area contributed by atoms with Gasteiger partial charge < -0.3 is 10.2 Å². The number of hydrogen-bond acceptors (Lipinski definition) is 6. The minimum absolute atomic E-state index is 0.0872. The molecule has 176 valence electrons. The number of likely N-dealkylation sites (tertiary alicyclic amines) is 1. The molecule has 2 fully saturated rings. The lowest BCUT2D eigenvalue weighted by Gasteiger charge is -2.26. The average molecular weight is 468 g/mol. The maximum atomic E-state index is 13.8. The van der Waals surface area contributed by atoms with Crippen LogP contribution in [0.15, 0.2) is 48.9 Å². The molecule has 1 atom stereocenters. The quantitative estimate of drug-likeness (QED) is 0.599. The fourth-order valence-corrected chi connectivity index (χ4v) is 4.56. The van der Waals surface area contributed by atoms with Crippen LogP contribution in [-0.4, -0.2) is 49.9 Å². The van der Waals surface area contributed by atoms with Crippen molar-refractivity contribution in [2.45, 2.75) is 38.4 Å². The molecule has 1 spiro atoms. The van der Waals surface area contributed by atoms with Gasteiger partial charge in [0, 0.05) is 43.3 Å². The first kappa shape index (κ1) is 22.2. The van der Waals surface area contributed by atoms with Gasteiger partial charge >= 0.3 is 6.18 Å². The number of carbonyl (C=O) groups is 1. The molecule has 1 saturated heterocycles. The number of nitrogens with one attached hydrogen (secondary N) is 1. The van der Waals surface area contributed by atoms with Crippen LogP contribution in [0.2, 0.25) is 0 Å². The van der Waals surface area contributed by atoms with Crippen LogP contribution in [0.25, 0.3) is 11.4 Å². The van der Waals surface area contributed by atoms with E-state index in [1.165, 1.54) is 0 Å². The van der Waals surface area contributed by atoms with Gasteiger partial charge in [-0.1, -0.05) is 17.7 Å². The average Bonchev–Trinajstić information content (AvgIpc) is 3.48. The monoisotopic (exact) mass is 468 g/mol. The van der Waals surface area contributed by atoms with E-state index >= 15 is 0 Å². The first-order valence-electron chi connectivity index (χ1n) is 11.1. The maximum Gasteiger partial charge on any atom is 0.433 e. The number of halogens is 3. The Labute approximate surface area is 194 Å². The lowest BCUT2D eigenvalue weighted by molar-refractivity contribution is -0.141. The molecule has 1 aliphatic carbocycles. The molecule has 5 rings (SSSR count). The Hall–Kier alpha value is -3.56. The molecule has 3 heterocycles. The van der Waals surface area contributed by atoms with E-state index in [1.54, 1.807) is 18.5 Å². The molecule has 1 amide bonds. The van der Waals surface area contributed by atoms with Crippen LogP contribution in [0.1, 0.15) is 40.9 Å². The predicted octanol–water partition coefficient (Wildman–Crippen LogP) is 4.37. The normalized spacial score (nSPS) is 18.8. The number of benzene rings is 1. The van der Waals surface area contributed by atoms with Gasteiger partial charge in [-0.15, -0.1) is 0 Å². The van der Waals surface area contributed by atoms with Crippen LogP contribution in [0.3, 0.4) is 0 Å². The standard InChI is InChI=1S/C24H23F3N6O/c1-15-3-4-17(20-28-8-2-9-29-20)18(11-15)21(34)33-14-23(6-7-23)12-16(33)13-31-22-30-10-5-19(32-22)24(25,26)27/h2-5,8-11,16H,6-7,12-14H2,1H3,(H,30,31,32)/t16-/m0/s1. The highest BCUT2D eigenvalue weighted by atomic mass is 19.4. The molecule has 1 aromatic carbocycles. The number of aryl methyl sites for hydroxylation is 1. The fraction of sp³-hybridized carbons (Fsp3) is 0.375. The zero-order valence-electron chi connectivity index (χ0n) is 18.5. The molecular formula is C24H23F3N6O. The molecule has 34 heavy (non-hydrogen) atoms. The van der Waals surface area contributed by atoms with Crippen LogP contribution >= 0.6 is 0 Å². The summed E-state index contributed by atoms with van der Waals surface area (Å²) < 4.78 is 39.0. The molecule has 3 aromatic rings. The van der Waals surface area contributed by atoms with Gasteiger partial charge in [-0.2, -0.15) is 13.2 Å². The van der Waals surface area contributed by atoms with Crippen molar-refractivity contribution in [1.29, 1.82) is 0 Å². The Morgan fingerprint density at radius 2 is 1.91 bits per heavy atom. The van der Waals surface area contributed by atoms with Gasteiger partial charge in [-0.25, -0.2) is 19.9 Å². The topological polar surface area (TPSA) is 83.9 Å². The summed E-state index contributed by atoms with van der Waals surface area (Å²) in [5.41, 5.74) is 1.19. The van der Waals surface area contributed by atoms with Gasteiger partial charge in [0.1, 0.15) is 5.69 Å². The van der Waals surface area contributed by atoms with E-state index in [0.29, 0.717) is 23.5 Å². The van der Waals surface area contributed by atoms with Crippen molar-refractivity contribution in [3.63, 3.8) is 0 Å². The van der Waals surface area contributed by atoms with E-state index in [1.807, 2.05) is 30.0 Å². The number of carbonyl (C=O) groups excluding carboxylic acids is 1. The van der Waals surface area contributed by atoms with E-state index in [-0.39, 0.29) is 29.9 Å². The second kappa shape index (κ2) is 8.34. The van der Waals surface area contributed by atoms with Crippen molar-refractivity contribution < 1.29 is 18.0 Å². The number of nitrogens with zero attached hydrogens (tertiary/aromatic N) is 5. The minimum atomic E-state index is -4.55. The third-order valence-corrected chi connectivity index (χ3v) is 6.49. The first-order chi connectivity index (χ1) is 16.2. The Balaban J connectivity index is 1.40. The molecule has 7 nitrogen and oxygen atoms in total. The lowest BCUT2D eigenvalue weighted by atomic mass is 10.0. The van der Waals surface area contributed by atoms with E-state index in [2.05, 4.69) is 25.3 Å². The van der Waals surface area contributed by atoms with Crippen LogP contribution in [0.4, 0.5) is 19.1 Å². The maximum absolute atomic E-state index is 13.8. The highest BCUT2D eigenvalue weighted by molar-refractivity contribution is 6.00. The summed E-state index contributed by atoms with van der Waals surface area (Å²) in [4.78, 5) is 31.7. The summed E-state index contributed by atoms with van der Waals surface area (Å²) in [5.74, 6) is 0.234. The number of rotatable bonds is 5. The zero-order chi connectivity index (χ0) is 23.9. The molecular weight excluding hydrogens is 445 g/mol. The zero-order valence-corrected chi connectivity index (χ0v) is 18.5. The van der Waals surface area contributed by atoms with Crippen molar-refractivity contribution in [2.75, 3.05) is 18.4 Å². The summed E-state index contributed by atoms with van der Waals surface area (Å²) in [6, 6.07) is 7.96. The third kappa shape index (κ3) is 4.44. The summed E-state index contributed by atoms with van der Waals surface area (Å²) in [6.07, 6.45) is 2.66. The number of amides is 1. The molecule has 0 unspecified atom stereocenters. The van der Waals surface area contributed by atoms with E-state index < -0.39 is 11.9 Å². The Morgan fingerprint density at radius 3 is 2.62 bits per heavy atom. The van der Waals surface area contributed by atoms with E-state index in [0.717, 1.165) is 37.1 Å². The van der Waals surface area contributed by atoms with Gasteiger partial charge in [0.15, 0.2) is 5.82 Å². The Bertz CT molecular complexity index is 1210. The summed E-state index contributed by atoms with van der Waals surface area (Å²) >= 11 is 0. The third-order valence-electron chi connectivity index (χ3n) is 6.49. The number of hydrogen-bond donors (Lipinski definition) is 1. The van der Waals surface area contributed by atoms with Crippen LogP contribution < -0.4 is 5.32 Å². The van der Waals surface area contributed by atoms with Crippen LogP contribution in [0, 0.1) is 12.3 Å². The number of alkyl halides is 3. The van der Waals surface area contributed by atoms with Crippen LogP contribution in [0.5, 0.6) is 0 Å². The summed E-state index contributed by atoms with van der Waals surface area (Å²) in [7, 11) is 0. The predicted molar refractivity (Wildman–Crippen MR) is 119 cm³/mol. The van der Waals surface area contributed by atoms with Crippen molar-refractivity contribution in [3.05, 3.63) is 65.7 Å². The summed E-state index contributed by atoms with van der Waals surface area (Å²) in [6.45, 7) is 2.80. The molecule has 0 radical (unpaired) electrons. The minimum Gasteiger partial charge on any atom is -0.352 e. The highest BCUT2D eigenvalue weighted by Gasteiger charge is 2.53. The Morgan fingerprint density at radius 1 is 1.15 bits per heavy atom. The van der Waals surface area contributed by atoms with Crippen molar-refractivity contribution in [1.82, 2.24) is 24.8 Å². The Kier molecular flexibility index (Phi) is 5.45. The second-order valence-corrected chi connectivity index (χ2v) is 9.06. The fourth-order valence-electron chi connectivity index (χ4n) is 4.56. The molecule has 1 N–H and O–H groups in total.